The predicted octanol–water partition coefficient (Wildman–Crippen LogP) is 1.82. The Morgan fingerprint density at radius 2 is 2.30 bits per heavy atom. The van der Waals surface area contributed by atoms with Gasteiger partial charge < -0.3 is 15.4 Å². The molecule has 0 saturated carbocycles. The lowest BCUT2D eigenvalue weighted by Crippen LogP contribution is -2.40. The molecule has 0 bridgehead atoms. The number of halogens is 2. The summed E-state index contributed by atoms with van der Waals surface area (Å²) in [4.78, 5) is 17.0. The zero-order valence-electron chi connectivity index (χ0n) is 10.8. The van der Waals surface area contributed by atoms with Crippen LogP contribution in [0, 0.1) is 0 Å². The second-order valence-corrected chi connectivity index (χ2v) is 4.94. The van der Waals surface area contributed by atoms with E-state index in [9.17, 15) is 13.6 Å². The van der Waals surface area contributed by atoms with Crippen LogP contribution in [-0.2, 0) is 4.74 Å². The molecule has 0 aliphatic carbocycles. The van der Waals surface area contributed by atoms with Crippen molar-refractivity contribution in [1.82, 2.24) is 4.90 Å². The summed E-state index contributed by atoms with van der Waals surface area (Å²) in [5.74, 6) is -3.23. The van der Waals surface area contributed by atoms with Crippen LogP contribution in [0.15, 0.2) is 23.2 Å². The first kappa shape index (κ1) is 12.8. The highest BCUT2D eigenvalue weighted by Crippen LogP contribution is 2.46. The number of methoxy groups -OCH3 is 1. The number of carbonyl (C=O) groups excluding carboxylic acids is 1. The number of ether oxygens (including phenoxy) is 1. The number of nitrogens with two attached hydrogens (primary N) is 1. The van der Waals surface area contributed by atoms with Crippen molar-refractivity contribution in [3.63, 3.8) is 0 Å². The lowest BCUT2D eigenvalue weighted by atomic mass is 9.98. The van der Waals surface area contributed by atoms with Gasteiger partial charge in [-0.05, 0) is 18.2 Å². The van der Waals surface area contributed by atoms with Crippen molar-refractivity contribution in [2.45, 2.75) is 18.4 Å². The number of aliphatic imine (C=N–C) groups is 1. The van der Waals surface area contributed by atoms with Gasteiger partial charge in [-0.2, -0.15) is 0 Å². The number of guanidine groups is 1. The highest BCUT2D eigenvalue weighted by atomic mass is 19.3. The van der Waals surface area contributed by atoms with Crippen LogP contribution >= 0.6 is 0 Å². The number of alkyl halides is 2. The van der Waals surface area contributed by atoms with Gasteiger partial charge in [-0.15, -0.1) is 0 Å². The number of benzene rings is 1. The molecule has 0 unspecified atom stereocenters. The number of hydrogen-bond donors (Lipinski definition) is 1. The molecule has 106 valence electrons. The van der Waals surface area contributed by atoms with E-state index in [2.05, 4.69) is 9.73 Å². The molecule has 1 aromatic carbocycles. The third-order valence-electron chi connectivity index (χ3n) is 3.61. The number of carbonyl (C=O) groups is 1. The maximum atomic E-state index is 13.6. The number of fused-ring (bicyclic) bond motifs is 3. The van der Waals surface area contributed by atoms with Crippen LogP contribution in [0.4, 0.5) is 14.5 Å². The van der Waals surface area contributed by atoms with Gasteiger partial charge in [-0.25, -0.2) is 18.6 Å². The molecule has 1 saturated heterocycles. The fourth-order valence-electron chi connectivity index (χ4n) is 2.69. The van der Waals surface area contributed by atoms with E-state index in [1.807, 2.05) is 0 Å². The second-order valence-electron chi connectivity index (χ2n) is 4.94. The fourth-order valence-corrected chi connectivity index (χ4v) is 2.69. The van der Waals surface area contributed by atoms with Gasteiger partial charge in [0.2, 0.25) is 0 Å². The van der Waals surface area contributed by atoms with E-state index in [4.69, 9.17) is 5.73 Å². The van der Waals surface area contributed by atoms with Crippen LogP contribution < -0.4 is 5.73 Å². The Kier molecular flexibility index (Phi) is 2.67. The first-order chi connectivity index (χ1) is 9.41. The number of esters is 1. The Labute approximate surface area is 114 Å². The Balaban J connectivity index is 2.08. The van der Waals surface area contributed by atoms with Gasteiger partial charge in [-0.3, -0.25) is 0 Å². The second kappa shape index (κ2) is 4.16. The molecule has 7 heteroatoms. The normalized spacial score (nSPS) is 22.9. The van der Waals surface area contributed by atoms with Gasteiger partial charge in [0.15, 0.2) is 5.96 Å². The molecule has 0 amide bonds. The maximum absolute atomic E-state index is 13.6. The van der Waals surface area contributed by atoms with E-state index >= 15 is 0 Å². The van der Waals surface area contributed by atoms with E-state index in [-0.39, 0.29) is 12.4 Å². The van der Waals surface area contributed by atoms with E-state index in [1.54, 1.807) is 18.2 Å². The van der Waals surface area contributed by atoms with Crippen molar-refractivity contribution < 1.29 is 18.3 Å². The van der Waals surface area contributed by atoms with Crippen molar-refractivity contribution in [2.24, 2.45) is 10.7 Å². The Bertz CT molecular complexity index is 616. The minimum atomic E-state index is -2.81. The van der Waals surface area contributed by atoms with Gasteiger partial charge in [-0.1, -0.05) is 0 Å². The van der Waals surface area contributed by atoms with E-state index in [0.29, 0.717) is 16.8 Å². The van der Waals surface area contributed by atoms with Crippen molar-refractivity contribution in [1.29, 1.82) is 0 Å². The van der Waals surface area contributed by atoms with Gasteiger partial charge >= 0.3 is 5.97 Å². The zero-order valence-corrected chi connectivity index (χ0v) is 10.8. The summed E-state index contributed by atoms with van der Waals surface area (Å²) in [7, 11) is 1.27. The molecule has 0 spiro atoms. The van der Waals surface area contributed by atoms with Crippen molar-refractivity contribution in [3.8, 4) is 0 Å². The lowest BCUT2D eigenvalue weighted by Gasteiger charge is -2.30. The SMILES string of the molecule is COC(=O)c1ccc2c(c1)[C@H]1CC(F)(F)CN1C(N)=N2. The summed E-state index contributed by atoms with van der Waals surface area (Å²) in [6.45, 7) is -0.450. The first-order valence-electron chi connectivity index (χ1n) is 6.12. The highest BCUT2D eigenvalue weighted by Gasteiger charge is 2.48. The monoisotopic (exact) mass is 281 g/mol. The van der Waals surface area contributed by atoms with Crippen LogP contribution in [0.3, 0.4) is 0 Å². The fraction of sp³-hybridized carbons (Fsp3) is 0.385. The summed E-state index contributed by atoms with van der Waals surface area (Å²) in [5, 5.41) is 0. The van der Waals surface area contributed by atoms with Crippen molar-refractivity contribution in [3.05, 3.63) is 29.3 Å². The van der Waals surface area contributed by atoms with Gasteiger partial charge in [0, 0.05) is 12.0 Å². The van der Waals surface area contributed by atoms with Crippen LogP contribution in [0.1, 0.15) is 28.4 Å². The molecule has 5 nitrogen and oxygen atoms in total. The summed E-state index contributed by atoms with van der Waals surface area (Å²) in [6, 6.07) is 4.14. The minimum Gasteiger partial charge on any atom is -0.465 e. The van der Waals surface area contributed by atoms with Gasteiger partial charge in [0.25, 0.3) is 5.92 Å². The highest BCUT2D eigenvalue weighted by molar-refractivity contribution is 5.91. The molecule has 0 radical (unpaired) electrons. The van der Waals surface area contributed by atoms with Crippen molar-refractivity contribution >= 4 is 17.6 Å². The predicted molar refractivity (Wildman–Crippen MR) is 68.1 cm³/mol. The third-order valence-corrected chi connectivity index (χ3v) is 3.61. The average molecular weight is 281 g/mol. The molecule has 0 aromatic heterocycles. The third kappa shape index (κ3) is 1.90. The van der Waals surface area contributed by atoms with E-state index < -0.39 is 24.5 Å². The Morgan fingerprint density at radius 1 is 1.55 bits per heavy atom. The molecule has 3 rings (SSSR count). The maximum Gasteiger partial charge on any atom is 0.337 e. The summed E-state index contributed by atoms with van der Waals surface area (Å²) in [6.07, 6.45) is -0.332. The van der Waals surface area contributed by atoms with Crippen LogP contribution in [0.5, 0.6) is 0 Å². The quantitative estimate of drug-likeness (QED) is 0.797. The van der Waals surface area contributed by atoms with Gasteiger partial charge in [0.1, 0.15) is 0 Å². The molecule has 1 atom stereocenters. The number of rotatable bonds is 1. The standard InChI is InChI=1S/C13H13F2N3O2/c1-20-11(19)7-2-3-9-8(4-7)10-5-13(14,15)6-18(10)12(16)17-9/h2-4,10H,5-6H2,1H3,(H2,16,17)/t10-/m1/s1. The van der Waals surface area contributed by atoms with E-state index in [0.717, 1.165) is 0 Å². The molecular formula is C13H13F2N3O2. The van der Waals surface area contributed by atoms with E-state index in [1.165, 1.54) is 12.0 Å². The van der Waals surface area contributed by atoms with Crippen LogP contribution in [-0.4, -0.2) is 36.4 Å². The Morgan fingerprint density at radius 3 is 3.00 bits per heavy atom. The molecule has 1 aromatic rings. The van der Waals surface area contributed by atoms with Crippen LogP contribution in [0.25, 0.3) is 0 Å². The first-order valence-corrected chi connectivity index (χ1v) is 6.12. The molecule has 20 heavy (non-hydrogen) atoms. The molecule has 2 N–H and O–H groups in total. The largest absolute Gasteiger partial charge is 0.465 e. The number of hydrogen-bond acceptors (Lipinski definition) is 5. The minimum absolute atomic E-state index is 0.0884. The van der Waals surface area contributed by atoms with Crippen LogP contribution in [0.2, 0.25) is 0 Å². The molecular weight excluding hydrogens is 268 g/mol. The molecule has 1 fully saturated rings. The summed E-state index contributed by atoms with van der Waals surface area (Å²) in [5.41, 5.74) is 7.15. The summed E-state index contributed by atoms with van der Waals surface area (Å²) < 4.78 is 31.8. The van der Waals surface area contributed by atoms with Crippen molar-refractivity contribution in [2.75, 3.05) is 13.7 Å². The molecule has 2 heterocycles. The summed E-state index contributed by atoms with van der Waals surface area (Å²) >= 11 is 0. The topological polar surface area (TPSA) is 67.9 Å². The lowest BCUT2D eigenvalue weighted by molar-refractivity contribution is 0.0165. The molecule has 2 aliphatic heterocycles. The number of nitrogens with zero attached hydrogens (tertiary/aromatic N) is 2. The zero-order chi connectivity index (χ0) is 14.5. The Hall–Kier alpha value is -2.18. The van der Waals surface area contributed by atoms with Gasteiger partial charge in [0.05, 0.1) is 30.9 Å². The smallest absolute Gasteiger partial charge is 0.337 e. The molecule has 2 aliphatic rings. The average Bonchev–Trinajstić information content (AvgIpc) is 2.74.